The van der Waals surface area contributed by atoms with Crippen LogP contribution in [0.1, 0.15) is 17.8 Å². The van der Waals surface area contributed by atoms with Gasteiger partial charge in [0.15, 0.2) is 0 Å². The summed E-state index contributed by atoms with van der Waals surface area (Å²) in [5, 5.41) is 4.66. The Morgan fingerprint density at radius 1 is 1.47 bits per heavy atom. The molecule has 5 heteroatoms. The van der Waals surface area contributed by atoms with Gasteiger partial charge in [0.1, 0.15) is 5.82 Å². The van der Waals surface area contributed by atoms with Gasteiger partial charge in [0.05, 0.1) is 16.7 Å². The van der Waals surface area contributed by atoms with Gasteiger partial charge in [-0.15, -0.1) is 11.8 Å². The van der Waals surface area contributed by atoms with E-state index in [0.717, 1.165) is 35.7 Å². The Balaban J connectivity index is 1.87. The lowest BCUT2D eigenvalue weighted by atomic mass is 10.1. The zero-order valence-electron chi connectivity index (χ0n) is 10.9. The third kappa shape index (κ3) is 2.67. The van der Waals surface area contributed by atoms with E-state index in [9.17, 15) is 4.79 Å². The fourth-order valence-electron chi connectivity index (χ4n) is 2.39. The second kappa shape index (κ2) is 5.35. The van der Waals surface area contributed by atoms with Crippen LogP contribution in [0, 0.1) is 6.92 Å². The second-order valence-electron chi connectivity index (χ2n) is 4.91. The molecule has 0 radical (unpaired) electrons. The van der Waals surface area contributed by atoms with E-state index >= 15 is 0 Å². The highest BCUT2D eigenvalue weighted by Gasteiger charge is 2.15. The summed E-state index contributed by atoms with van der Waals surface area (Å²) in [5.41, 5.74) is 1.85. The van der Waals surface area contributed by atoms with Crippen molar-refractivity contribution in [3.05, 3.63) is 39.9 Å². The molecule has 1 aliphatic rings. The lowest BCUT2D eigenvalue weighted by molar-refractivity contribution is 0.858. The number of H-pyrrole nitrogens is 1. The molecule has 0 amide bonds. The van der Waals surface area contributed by atoms with Crippen molar-refractivity contribution in [2.75, 3.05) is 13.1 Å². The van der Waals surface area contributed by atoms with Gasteiger partial charge in [0.25, 0.3) is 5.56 Å². The maximum atomic E-state index is 12.0. The maximum absolute atomic E-state index is 12.0. The second-order valence-corrected chi connectivity index (χ2v) is 6.20. The number of aromatic amines is 1. The molecule has 2 aromatic rings. The Hall–Kier alpha value is -1.33. The molecule has 3 rings (SSSR count). The summed E-state index contributed by atoms with van der Waals surface area (Å²) in [6, 6.07) is 5.71. The molecule has 0 bridgehead atoms. The molecule has 1 unspecified atom stereocenters. The largest absolute Gasteiger partial charge is 0.316 e. The predicted octanol–water partition coefficient (Wildman–Crippen LogP) is 1.83. The van der Waals surface area contributed by atoms with E-state index in [-0.39, 0.29) is 5.56 Å². The van der Waals surface area contributed by atoms with Gasteiger partial charge in [0, 0.05) is 11.8 Å². The van der Waals surface area contributed by atoms with Crippen LogP contribution in [0.4, 0.5) is 0 Å². The number of hydrogen-bond donors (Lipinski definition) is 2. The molecule has 2 heterocycles. The van der Waals surface area contributed by atoms with Gasteiger partial charge < -0.3 is 10.3 Å². The van der Waals surface area contributed by atoms with Gasteiger partial charge in [-0.2, -0.15) is 0 Å². The molecular weight excluding hydrogens is 258 g/mol. The van der Waals surface area contributed by atoms with E-state index in [1.807, 2.05) is 36.9 Å². The summed E-state index contributed by atoms with van der Waals surface area (Å²) in [4.78, 5) is 19.5. The van der Waals surface area contributed by atoms with Crippen LogP contribution >= 0.6 is 11.8 Å². The van der Waals surface area contributed by atoms with Crippen LogP contribution in [0.5, 0.6) is 0 Å². The number of nitrogens with one attached hydrogen (secondary N) is 2. The highest BCUT2D eigenvalue weighted by molar-refractivity contribution is 7.99. The molecule has 1 atom stereocenters. The van der Waals surface area contributed by atoms with Gasteiger partial charge in [-0.3, -0.25) is 4.79 Å². The molecule has 0 aliphatic carbocycles. The Labute approximate surface area is 116 Å². The number of aryl methyl sites for hydroxylation is 1. The van der Waals surface area contributed by atoms with Crippen molar-refractivity contribution in [3.63, 3.8) is 0 Å². The predicted molar refractivity (Wildman–Crippen MR) is 79.7 cm³/mol. The molecule has 19 heavy (non-hydrogen) atoms. The number of benzene rings is 1. The number of nitrogens with zero attached hydrogens (tertiary/aromatic N) is 1. The molecule has 1 saturated heterocycles. The number of para-hydroxylation sites is 1. The lowest BCUT2D eigenvalue weighted by Gasteiger charge is -2.08. The Kier molecular flexibility index (Phi) is 3.57. The average molecular weight is 275 g/mol. The van der Waals surface area contributed by atoms with Crippen LogP contribution in [0.25, 0.3) is 10.9 Å². The summed E-state index contributed by atoms with van der Waals surface area (Å²) < 4.78 is 0. The number of fused-ring (bicyclic) bond motifs is 1. The third-order valence-electron chi connectivity index (χ3n) is 3.46. The molecule has 1 aliphatic heterocycles. The van der Waals surface area contributed by atoms with Crippen LogP contribution < -0.4 is 10.9 Å². The minimum atomic E-state index is -0.0335. The minimum Gasteiger partial charge on any atom is -0.316 e. The molecule has 2 N–H and O–H groups in total. The van der Waals surface area contributed by atoms with Gasteiger partial charge in [-0.25, -0.2) is 4.98 Å². The molecule has 0 saturated carbocycles. The molecule has 100 valence electrons. The monoisotopic (exact) mass is 275 g/mol. The quantitative estimate of drug-likeness (QED) is 0.897. The van der Waals surface area contributed by atoms with Crippen molar-refractivity contribution >= 4 is 22.7 Å². The first-order valence-electron chi connectivity index (χ1n) is 6.55. The first kappa shape index (κ1) is 12.7. The van der Waals surface area contributed by atoms with Crippen molar-refractivity contribution in [2.24, 2.45) is 0 Å². The zero-order valence-corrected chi connectivity index (χ0v) is 11.7. The zero-order chi connectivity index (χ0) is 13.2. The van der Waals surface area contributed by atoms with E-state index in [1.165, 1.54) is 6.42 Å². The van der Waals surface area contributed by atoms with E-state index in [0.29, 0.717) is 10.6 Å². The van der Waals surface area contributed by atoms with Crippen molar-refractivity contribution in [1.82, 2.24) is 15.3 Å². The van der Waals surface area contributed by atoms with E-state index < -0.39 is 0 Å². The van der Waals surface area contributed by atoms with Crippen molar-refractivity contribution < 1.29 is 0 Å². The van der Waals surface area contributed by atoms with Crippen LogP contribution in [-0.4, -0.2) is 28.3 Å². The van der Waals surface area contributed by atoms with Gasteiger partial charge in [-0.1, -0.05) is 12.1 Å². The fourth-order valence-corrected chi connectivity index (χ4v) is 3.44. The van der Waals surface area contributed by atoms with E-state index in [1.54, 1.807) is 0 Å². The number of hydrogen-bond acceptors (Lipinski definition) is 4. The molecule has 4 nitrogen and oxygen atoms in total. The summed E-state index contributed by atoms with van der Waals surface area (Å²) >= 11 is 1.87. The van der Waals surface area contributed by atoms with Gasteiger partial charge >= 0.3 is 0 Å². The van der Waals surface area contributed by atoms with Crippen LogP contribution in [0.3, 0.4) is 0 Å². The first-order chi connectivity index (χ1) is 9.24. The molecule has 0 spiro atoms. The SMILES string of the molecule is Cc1cccc2c(=O)[nH]c(CSC3CCNC3)nc12. The minimum absolute atomic E-state index is 0.0335. The smallest absolute Gasteiger partial charge is 0.258 e. The van der Waals surface area contributed by atoms with Crippen LogP contribution in [0.15, 0.2) is 23.0 Å². The summed E-state index contributed by atoms with van der Waals surface area (Å²) in [7, 11) is 0. The number of aromatic nitrogens is 2. The molecule has 1 aromatic heterocycles. The normalized spacial score (nSPS) is 19.1. The number of rotatable bonds is 3. The van der Waals surface area contributed by atoms with E-state index in [4.69, 9.17) is 0 Å². The standard InChI is InChI=1S/C14H17N3OS/c1-9-3-2-4-11-13(9)16-12(17-14(11)18)8-19-10-5-6-15-7-10/h2-4,10,15H,5-8H2,1H3,(H,16,17,18). The van der Waals surface area contributed by atoms with E-state index in [2.05, 4.69) is 15.3 Å². The lowest BCUT2D eigenvalue weighted by Crippen LogP contribution is -2.14. The Morgan fingerprint density at radius 3 is 3.16 bits per heavy atom. The van der Waals surface area contributed by atoms with Crippen molar-refractivity contribution in [3.8, 4) is 0 Å². The van der Waals surface area contributed by atoms with Gasteiger partial charge in [-0.05, 0) is 31.5 Å². The van der Waals surface area contributed by atoms with Crippen molar-refractivity contribution in [1.29, 1.82) is 0 Å². The highest BCUT2D eigenvalue weighted by Crippen LogP contribution is 2.21. The Morgan fingerprint density at radius 2 is 2.37 bits per heavy atom. The molecule has 1 fully saturated rings. The number of thioether (sulfide) groups is 1. The highest BCUT2D eigenvalue weighted by atomic mass is 32.2. The van der Waals surface area contributed by atoms with Gasteiger partial charge in [0.2, 0.25) is 0 Å². The Bertz CT molecular complexity index is 647. The molecule has 1 aromatic carbocycles. The summed E-state index contributed by atoms with van der Waals surface area (Å²) in [6.07, 6.45) is 1.20. The first-order valence-corrected chi connectivity index (χ1v) is 7.60. The fraction of sp³-hybridized carbons (Fsp3) is 0.429. The molecular formula is C14H17N3OS. The summed E-state index contributed by atoms with van der Waals surface area (Å²) in [6.45, 7) is 4.15. The maximum Gasteiger partial charge on any atom is 0.258 e. The topological polar surface area (TPSA) is 57.8 Å². The average Bonchev–Trinajstić information content (AvgIpc) is 2.91. The summed E-state index contributed by atoms with van der Waals surface area (Å²) in [5.74, 6) is 1.55. The van der Waals surface area contributed by atoms with Crippen LogP contribution in [-0.2, 0) is 5.75 Å². The van der Waals surface area contributed by atoms with Crippen LogP contribution in [0.2, 0.25) is 0 Å². The van der Waals surface area contributed by atoms with Crippen molar-refractivity contribution in [2.45, 2.75) is 24.3 Å². The third-order valence-corrected chi connectivity index (χ3v) is 4.77.